The number of hydrogen-bond donors (Lipinski definition) is 7. The van der Waals surface area contributed by atoms with E-state index >= 15 is 0 Å². The van der Waals surface area contributed by atoms with Crippen molar-refractivity contribution in [3.8, 4) is 0 Å². The predicted molar refractivity (Wildman–Crippen MR) is 209 cm³/mol. The monoisotopic (exact) mass is 767 g/mol. The molecule has 13 nitrogen and oxygen atoms in total. The first-order chi connectivity index (χ1) is 25.4. The van der Waals surface area contributed by atoms with E-state index in [2.05, 4.69) is 16.0 Å². The van der Waals surface area contributed by atoms with Crippen molar-refractivity contribution in [2.75, 3.05) is 21.1 Å². The molecule has 0 aliphatic heterocycles. The SMILES string of the molecule is CN[C@@H](CC(C)C)C(=O)CC(O)(C(=O)O)C(=O)C(C)(O)c1cccc(C(=O)C(C)(O)c2ccccc2C(=O)[C@H](CC(C)C)NC)c1C(=O)[C@H](CC(C)C)NC. The molecular formula is C42H61N3O10. The fourth-order valence-corrected chi connectivity index (χ4v) is 6.97. The average molecular weight is 768 g/mol. The zero-order valence-corrected chi connectivity index (χ0v) is 34.1. The third-order valence-corrected chi connectivity index (χ3v) is 10.0. The Morgan fingerprint density at radius 2 is 1.04 bits per heavy atom. The molecule has 55 heavy (non-hydrogen) atoms. The Balaban J connectivity index is 2.93. The van der Waals surface area contributed by atoms with E-state index in [0.717, 1.165) is 13.0 Å². The molecule has 13 heteroatoms. The highest BCUT2D eigenvalue weighted by molar-refractivity contribution is 6.18. The van der Waals surface area contributed by atoms with Crippen LogP contribution in [-0.2, 0) is 25.6 Å². The van der Waals surface area contributed by atoms with Crippen LogP contribution in [0.5, 0.6) is 0 Å². The zero-order chi connectivity index (χ0) is 42.2. The molecule has 0 fully saturated rings. The molecule has 2 aromatic rings. The van der Waals surface area contributed by atoms with E-state index in [1.54, 1.807) is 19.2 Å². The molecule has 2 aromatic carbocycles. The van der Waals surface area contributed by atoms with Gasteiger partial charge < -0.3 is 36.4 Å². The Bertz CT molecular complexity index is 1730. The number of likely N-dealkylation sites (N-methyl/N-ethyl adjacent to an activating group) is 3. The van der Waals surface area contributed by atoms with E-state index < -0.39 is 87.1 Å². The number of carboxylic acids is 1. The van der Waals surface area contributed by atoms with Gasteiger partial charge >= 0.3 is 5.97 Å². The molecule has 0 aliphatic carbocycles. The highest BCUT2D eigenvalue weighted by atomic mass is 16.4. The van der Waals surface area contributed by atoms with Gasteiger partial charge in [0.2, 0.25) is 11.4 Å². The Morgan fingerprint density at radius 1 is 0.600 bits per heavy atom. The number of ketones is 5. The maximum atomic E-state index is 14.7. The molecule has 2 rings (SSSR count). The van der Waals surface area contributed by atoms with E-state index in [1.165, 1.54) is 45.3 Å². The summed E-state index contributed by atoms with van der Waals surface area (Å²) in [4.78, 5) is 83.2. The zero-order valence-electron chi connectivity index (χ0n) is 34.1. The van der Waals surface area contributed by atoms with Gasteiger partial charge in [-0.3, -0.25) is 24.0 Å². The standard InChI is InChI=1S/C42H61N3O10/c1-23(2)19-30(43-9)33(46)22-42(55,39(51)52)38(50)41(8,54)29-18-14-16-27(34(29)36(48)32(45-11)21-25(5)6)37(49)40(7,53)28-17-13-12-15-26(28)35(47)31(44-10)20-24(3)4/h12-18,23-25,30-32,43-45,53-55H,19-22H2,1-11H3,(H,51,52)/t30-,31-,32-,40?,41?,42?/m0/s1. The number of rotatable bonds is 23. The van der Waals surface area contributed by atoms with Gasteiger partial charge in [0.15, 0.2) is 28.7 Å². The fraction of sp³-hybridized carbons (Fsp3) is 0.571. The van der Waals surface area contributed by atoms with Gasteiger partial charge in [-0.05, 0) is 72.0 Å². The van der Waals surface area contributed by atoms with Crippen LogP contribution in [0.2, 0.25) is 0 Å². The van der Waals surface area contributed by atoms with E-state index in [4.69, 9.17) is 0 Å². The number of aliphatic hydroxyl groups is 3. The summed E-state index contributed by atoms with van der Waals surface area (Å²) < 4.78 is 0. The van der Waals surface area contributed by atoms with Gasteiger partial charge in [0, 0.05) is 27.8 Å². The molecular weight excluding hydrogens is 706 g/mol. The number of aliphatic carboxylic acids is 1. The van der Waals surface area contributed by atoms with E-state index in [-0.39, 0.29) is 47.5 Å². The third kappa shape index (κ3) is 10.7. The third-order valence-electron chi connectivity index (χ3n) is 10.0. The summed E-state index contributed by atoms with van der Waals surface area (Å²) >= 11 is 0. The van der Waals surface area contributed by atoms with Gasteiger partial charge in [0.1, 0.15) is 5.60 Å². The van der Waals surface area contributed by atoms with Crippen molar-refractivity contribution in [2.45, 2.75) is 116 Å². The van der Waals surface area contributed by atoms with Crippen molar-refractivity contribution >= 4 is 34.9 Å². The summed E-state index contributed by atoms with van der Waals surface area (Å²) in [5.41, 5.74) is -10.3. The average Bonchev–Trinajstić information content (AvgIpc) is 3.12. The topological polar surface area (TPSA) is 219 Å². The van der Waals surface area contributed by atoms with Gasteiger partial charge in [-0.15, -0.1) is 0 Å². The van der Waals surface area contributed by atoms with Crippen LogP contribution in [0.3, 0.4) is 0 Å². The maximum Gasteiger partial charge on any atom is 0.344 e. The quantitative estimate of drug-likeness (QED) is 0.0636. The van der Waals surface area contributed by atoms with Crippen LogP contribution >= 0.6 is 0 Å². The van der Waals surface area contributed by atoms with Gasteiger partial charge in [0.05, 0.1) is 24.5 Å². The van der Waals surface area contributed by atoms with Gasteiger partial charge in [-0.2, -0.15) is 0 Å². The minimum Gasteiger partial charge on any atom is -0.479 e. The first kappa shape index (κ1) is 47.2. The smallest absolute Gasteiger partial charge is 0.344 e. The lowest BCUT2D eigenvalue weighted by Crippen LogP contribution is -2.57. The number of Topliss-reactive ketones (excluding diaryl/α,β-unsaturated/α-hetero) is 5. The number of benzene rings is 2. The lowest BCUT2D eigenvalue weighted by atomic mass is 9.73. The Morgan fingerprint density at radius 3 is 1.51 bits per heavy atom. The van der Waals surface area contributed by atoms with Crippen LogP contribution in [0.25, 0.3) is 0 Å². The molecule has 304 valence electrons. The molecule has 0 saturated heterocycles. The second-order valence-electron chi connectivity index (χ2n) is 16.0. The fourth-order valence-electron chi connectivity index (χ4n) is 6.97. The van der Waals surface area contributed by atoms with Crippen molar-refractivity contribution in [1.29, 1.82) is 0 Å². The minimum atomic E-state index is -3.45. The number of carboxylic acid groups (broad SMARTS) is 1. The molecule has 0 radical (unpaired) electrons. The lowest BCUT2D eigenvalue weighted by Gasteiger charge is -2.34. The summed E-state index contributed by atoms with van der Waals surface area (Å²) in [5, 5.41) is 54.5. The number of hydrogen-bond acceptors (Lipinski definition) is 12. The molecule has 0 bridgehead atoms. The summed E-state index contributed by atoms with van der Waals surface area (Å²) in [6, 6.07) is 7.13. The van der Waals surface area contributed by atoms with Gasteiger partial charge in [0.25, 0.3) is 0 Å². The van der Waals surface area contributed by atoms with Crippen molar-refractivity contribution in [3.63, 3.8) is 0 Å². The van der Waals surface area contributed by atoms with E-state index in [1.807, 2.05) is 41.5 Å². The Kier molecular flexibility index (Phi) is 16.5. The minimum absolute atomic E-state index is 0.00925. The second-order valence-corrected chi connectivity index (χ2v) is 16.0. The van der Waals surface area contributed by atoms with Crippen LogP contribution < -0.4 is 16.0 Å². The number of carbonyl (C=O) groups excluding carboxylic acids is 5. The molecule has 0 saturated carbocycles. The van der Waals surface area contributed by atoms with Crippen molar-refractivity contribution < 1.29 is 49.2 Å². The molecule has 0 heterocycles. The summed E-state index contributed by atoms with van der Waals surface area (Å²) in [5.74, 6) is -6.74. The van der Waals surface area contributed by atoms with Gasteiger partial charge in [-0.1, -0.05) is 84.0 Å². The molecule has 3 unspecified atom stereocenters. The first-order valence-electron chi connectivity index (χ1n) is 18.8. The normalized spacial score (nSPS) is 16.8. The van der Waals surface area contributed by atoms with Crippen LogP contribution in [0.15, 0.2) is 42.5 Å². The summed E-state index contributed by atoms with van der Waals surface area (Å²) in [6.45, 7) is 13.3. The van der Waals surface area contributed by atoms with E-state index in [0.29, 0.717) is 6.42 Å². The molecule has 0 aliphatic rings. The summed E-state index contributed by atoms with van der Waals surface area (Å²) in [7, 11) is 4.62. The molecule has 0 amide bonds. The lowest BCUT2D eigenvalue weighted by molar-refractivity contribution is -0.176. The van der Waals surface area contributed by atoms with Crippen LogP contribution in [0, 0.1) is 17.8 Å². The largest absolute Gasteiger partial charge is 0.479 e. The highest BCUT2D eigenvalue weighted by Crippen LogP contribution is 2.37. The van der Waals surface area contributed by atoms with Crippen molar-refractivity contribution in [3.05, 3.63) is 70.3 Å². The van der Waals surface area contributed by atoms with E-state index in [9.17, 15) is 49.2 Å². The Labute approximate surface area is 324 Å². The van der Waals surface area contributed by atoms with Crippen molar-refractivity contribution in [1.82, 2.24) is 16.0 Å². The number of carbonyl (C=O) groups is 6. The van der Waals surface area contributed by atoms with Gasteiger partial charge in [-0.25, -0.2) is 4.79 Å². The maximum absolute atomic E-state index is 14.7. The molecule has 0 aromatic heterocycles. The molecule has 6 atom stereocenters. The molecule has 0 spiro atoms. The van der Waals surface area contributed by atoms with Crippen LogP contribution in [0.1, 0.15) is 123 Å². The molecule has 7 N–H and O–H groups in total. The Hall–Kier alpha value is -3.98. The first-order valence-corrected chi connectivity index (χ1v) is 18.8. The highest BCUT2D eigenvalue weighted by Gasteiger charge is 2.55. The van der Waals surface area contributed by atoms with Crippen molar-refractivity contribution in [2.24, 2.45) is 17.8 Å². The predicted octanol–water partition coefficient (Wildman–Crippen LogP) is 3.60. The number of nitrogens with one attached hydrogen (secondary N) is 3. The van der Waals surface area contributed by atoms with Crippen LogP contribution in [-0.4, -0.2) is 100 Å². The van der Waals surface area contributed by atoms with Crippen LogP contribution in [0.4, 0.5) is 0 Å². The summed E-state index contributed by atoms with van der Waals surface area (Å²) in [6.07, 6.45) is -0.237. The second kappa shape index (κ2) is 19.2.